The van der Waals surface area contributed by atoms with Gasteiger partial charge in [0.05, 0.1) is 12.3 Å². The largest absolute Gasteiger partial charge is 0.390 e. The Morgan fingerprint density at radius 3 is 2.67 bits per heavy atom. The highest BCUT2D eigenvalue weighted by Crippen LogP contribution is 2.20. The molecule has 0 spiro atoms. The van der Waals surface area contributed by atoms with E-state index in [1.807, 2.05) is 6.92 Å². The fourth-order valence-corrected chi connectivity index (χ4v) is 3.18. The van der Waals surface area contributed by atoms with Gasteiger partial charge in [-0.3, -0.25) is 4.72 Å². The van der Waals surface area contributed by atoms with E-state index in [-0.39, 0.29) is 17.3 Å². The number of halogens is 1. The quantitative estimate of drug-likeness (QED) is 0.841. The Kier molecular flexibility index (Phi) is 4.70. The molecule has 0 amide bonds. The molecule has 0 bridgehead atoms. The number of hydrogen-bond donors (Lipinski definition) is 2. The summed E-state index contributed by atoms with van der Waals surface area (Å²) in [6, 6.07) is 4.77. The standard InChI is InChI=1S/C13H16BrN3O3S/c1-3-17-7-11(6-10(17)8-18)21(19,20)16-13-5-4-12(14)9(2)15-13/h4-7,18H,3,8H2,1-2H3,(H,15,16). The number of pyridine rings is 1. The maximum absolute atomic E-state index is 12.3. The lowest BCUT2D eigenvalue weighted by Gasteiger charge is -2.07. The zero-order valence-corrected chi connectivity index (χ0v) is 14.1. The second kappa shape index (κ2) is 6.17. The molecule has 2 aromatic heterocycles. The fraction of sp³-hybridized carbons (Fsp3) is 0.308. The number of aromatic nitrogens is 2. The van der Waals surface area contributed by atoms with Crippen LogP contribution in [0.25, 0.3) is 0 Å². The number of sulfonamides is 1. The number of hydrogen-bond acceptors (Lipinski definition) is 4. The van der Waals surface area contributed by atoms with Crippen LogP contribution in [0.1, 0.15) is 18.3 Å². The van der Waals surface area contributed by atoms with Crippen LogP contribution < -0.4 is 4.72 Å². The minimum Gasteiger partial charge on any atom is -0.390 e. The Morgan fingerprint density at radius 1 is 1.43 bits per heavy atom. The predicted molar refractivity (Wildman–Crippen MR) is 83.5 cm³/mol. The van der Waals surface area contributed by atoms with Crippen molar-refractivity contribution in [2.75, 3.05) is 4.72 Å². The topological polar surface area (TPSA) is 84.2 Å². The molecule has 0 aliphatic carbocycles. The first-order valence-electron chi connectivity index (χ1n) is 6.33. The SMILES string of the molecule is CCn1cc(S(=O)(=O)Nc2ccc(Br)c(C)n2)cc1CO. The third-order valence-corrected chi connectivity index (χ3v) is 5.19. The van der Waals surface area contributed by atoms with Gasteiger partial charge in [0.2, 0.25) is 0 Å². The molecule has 2 heterocycles. The fourth-order valence-electron chi connectivity index (χ4n) is 1.90. The van der Waals surface area contributed by atoms with Gasteiger partial charge in [0.1, 0.15) is 10.7 Å². The smallest absolute Gasteiger partial charge is 0.264 e. The lowest BCUT2D eigenvalue weighted by molar-refractivity contribution is 0.271. The van der Waals surface area contributed by atoms with Gasteiger partial charge in [-0.25, -0.2) is 13.4 Å². The summed E-state index contributed by atoms with van der Waals surface area (Å²) in [5.74, 6) is 0.255. The van der Waals surface area contributed by atoms with Gasteiger partial charge in [-0.05, 0) is 48.0 Å². The van der Waals surface area contributed by atoms with Crippen molar-refractivity contribution in [3.8, 4) is 0 Å². The second-order valence-corrected chi connectivity index (χ2v) is 7.02. The van der Waals surface area contributed by atoms with Gasteiger partial charge in [0.25, 0.3) is 10.0 Å². The van der Waals surface area contributed by atoms with Crippen molar-refractivity contribution in [3.63, 3.8) is 0 Å². The molecule has 0 aliphatic heterocycles. The van der Waals surface area contributed by atoms with E-state index < -0.39 is 10.0 Å². The summed E-state index contributed by atoms with van der Waals surface area (Å²) in [7, 11) is -3.72. The van der Waals surface area contributed by atoms with Crippen LogP contribution in [0.4, 0.5) is 5.82 Å². The zero-order chi connectivity index (χ0) is 15.6. The van der Waals surface area contributed by atoms with Gasteiger partial charge in [0, 0.05) is 22.9 Å². The average Bonchev–Trinajstić information content (AvgIpc) is 2.86. The molecule has 2 aromatic rings. The molecule has 0 unspecified atom stereocenters. The Hall–Kier alpha value is -1.38. The van der Waals surface area contributed by atoms with E-state index in [9.17, 15) is 13.5 Å². The summed E-state index contributed by atoms with van der Waals surface area (Å²) >= 11 is 3.31. The summed E-state index contributed by atoms with van der Waals surface area (Å²) in [5.41, 5.74) is 1.25. The van der Waals surface area contributed by atoms with E-state index in [1.165, 1.54) is 12.3 Å². The summed E-state index contributed by atoms with van der Waals surface area (Å²) in [6.07, 6.45) is 1.50. The van der Waals surface area contributed by atoms with Crippen molar-refractivity contribution >= 4 is 31.8 Å². The third-order valence-electron chi connectivity index (χ3n) is 3.03. The summed E-state index contributed by atoms with van der Waals surface area (Å²) in [4.78, 5) is 4.27. The van der Waals surface area contributed by atoms with Crippen molar-refractivity contribution < 1.29 is 13.5 Å². The molecule has 0 aliphatic rings. The minimum absolute atomic E-state index is 0.107. The summed E-state index contributed by atoms with van der Waals surface area (Å²) < 4.78 is 29.6. The van der Waals surface area contributed by atoms with Crippen molar-refractivity contribution in [1.29, 1.82) is 0 Å². The van der Waals surface area contributed by atoms with E-state index >= 15 is 0 Å². The Bertz CT molecular complexity index is 735. The Morgan fingerprint density at radius 2 is 2.14 bits per heavy atom. The molecular weight excluding hydrogens is 358 g/mol. The molecule has 0 aromatic carbocycles. The number of anilines is 1. The van der Waals surface area contributed by atoms with Gasteiger partial charge in [-0.15, -0.1) is 0 Å². The van der Waals surface area contributed by atoms with E-state index in [4.69, 9.17) is 0 Å². The Labute approximate surface area is 132 Å². The number of aliphatic hydroxyl groups is 1. The summed E-state index contributed by atoms with van der Waals surface area (Å²) in [5, 5.41) is 9.23. The van der Waals surface area contributed by atoms with Crippen LogP contribution in [-0.2, 0) is 23.2 Å². The highest BCUT2D eigenvalue weighted by atomic mass is 79.9. The van der Waals surface area contributed by atoms with Crippen molar-refractivity contribution in [2.45, 2.75) is 31.9 Å². The number of aliphatic hydroxyl groups excluding tert-OH is 1. The number of nitrogens with zero attached hydrogens (tertiary/aromatic N) is 2. The van der Waals surface area contributed by atoms with E-state index in [2.05, 4.69) is 25.6 Å². The molecule has 0 saturated heterocycles. The molecule has 6 nitrogen and oxygen atoms in total. The maximum atomic E-state index is 12.3. The first kappa shape index (κ1) is 16.0. The lowest BCUT2D eigenvalue weighted by Crippen LogP contribution is -2.13. The van der Waals surface area contributed by atoms with Crippen LogP contribution in [0.5, 0.6) is 0 Å². The number of nitrogens with one attached hydrogen (secondary N) is 1. The van der Waals surface area contributed by atoms with Crippen molar-refractivity contribution in [1.82, 2.24) is 9.55 Å². The Balaban J connectivity index is 2.33. The van der Waals surface area contributed by atoms with Crippen LogP contribution in [0.15, 0.2) is 33.8 Å². The molecule has 2 rings (SSSR count). The molecule has 0 fully saturated rings. The lowest BCUT2D eigenvalue weighted by atomic mass is 10.4. The molecule has 0 atom stereocenters. The average molecular weight is 374 g/mol. The molecule has 2 N–H and O–H groups in total. The van der Waals surface area contributed by atoms with Crippen LogP contribution in [0.2, 0.25) is 0 Å². The number of rotatable bonds is 5. The molecule has 8 heteroatoms. The monoisotopic (exact) mass is 373 g/mol. The third kappa shape index (κ3) is 3.45. The van der Waals surface area contributed by atoms with Crippen LogP contribution in [-0.4, -0.2) is 23.1 Å². The first-order chi connectivity index (χ1) is 9.87. The minimum atomic E-state index is -3.72. The first-order valence-corrected chi connectivity index (χ1v) is 8.61. The van der Waals surface area contributed by atoms with Crippen molar-refractivity contribution in [3.05, 3.63) is 40.3 Å². The zero-order valence-electron chi connectivity index (χ0n) is 11.7. The van der Waals surface area contributed by atoms with Gasteiger partial charge < -0.3 is 9.67 Å². The molecule has 21 heavy (non-hydrogen) atoms. The van der Waals surface area contributed by atoms with E-state index in [0.29, 0.717) is 17.9 Å². The molecular formula is C13H16BrN3O3S. The molecule has 0 radical (unpaired) electrons. The van der Waals surface area contributed by atoms with Crippen LogP contribution >= 0.6 is 15.9 Å². The normalized spacial score (nSPS) is 11.6. The highest BCUT2D eigenvalue weighted by Gasteiger charge is 2.18. The van der Waals surface area contributed by atoms with Crippen LogP contribution in [0, 0.1) is 6.92 Å². The van der Waals surface area contributed by atoms with E-state index in [0.717, 1.165) is 4.47 Å². The predicted octanol–water partition coefficient (Wildman–Crippen LogP) is 2.27. The van der Waals surface area contributed by atoms with Gasteiger partial charge in [0.15, 0.2) is 0 Å². The highest BCUT2D eigenvalue weighted by molar-refractivity contribution is 9.10. The van der Waals surface area contributed by atoms with Crippen molar-refractivity contribution in [2.24, 2.45) is 0 Å². The summed E-state index contributed by atoms with van der Waals surface area (Å²) in [6.45, 7) is 4.03. The van der Waals surface area contributed by atoms with Gasteiger partial charge in [-0.2, -0.15) is 0 Å². The maximum Gasteiger partial charge on any atom is 0.264 e. The van der Waals surface area contributed by atoms with Crippen LogP contribution in [0.3, 0.4) is 0 Å². The molecule has 0 saturated carbocycles. The van der Waals surface area contributed by atoms with Gasteiger partial charge >= 0.3 is 0 Å². The molecule has 114 valence electrons. The van der Waals surface area contributed by atoms with E-state index in [1.54, 1.807) is 23.6 Å². The second-order valence-electron chi connectivity index (χ2n) is 4.48. The number of aryl methyl sites for hydroxylation is 2. The van der Waals surface area contributed by atoms with Gasteiger partial charge in [-0.1, -0.05) is 0 Å².